The molecule has 1 amide bonds. The highest BCUT2D eigenvalue weighted by molar-refractivity contribution is 7.15. The fourth-order valence-electron chi connectivity index (χ4n) is 12.8. The number of nitrogens with zero attached hydrogens (tertiary/aromatic N) is 1. The van der Waals surface area contributed by atoms with Crippen molar-refractivity contribution in [1.82, 2.24) is 10.2 Å². The van der Waals surface area contributed by atoms with Crippen LogP contribution in [0.15, 0.2) is 30.4 Å². The standard InChI is InChI=1S/C40H60N2O3S/c1-25(2)26-15-20-40(35(44)41-23-24-42(8)9)22-21-38(6)28(33(26)40)11-14-32-37(5)18-16-27(29-12-13-30(46-29)34(43)45-10)36(3,4)31(37)17-19-39(32,38)7/h12-13,16,26,28,31-33H,1,11,14-15,17-24H2,2-10H3,(H,41,44). The SMILES string of the molecule is C=C(C)C1CCC2(C(=O)NCCN(C)C)CCC3(C)C(CCC4C5(C)CC=C(c6ccc(C(=O)OC)s6)C(C)(C)C5CCC43C)C12. The first-order chi connectivity index (χ1) is 21.6. The molecular weight excluding hydrogens is 589 g/mol. The normalized spacial score (nSPS) is 41.0. The molecule has 1 aromatic heterocycles. The summed E-state index contributed by atoms with van der Waals surface area (Å²) in [7, 11) is 5.62. The number of likely N-dealkylation sites (N-methyl/N-ethyl adjacent to an activating group) is 1. The maximum atomic E-state index is 14.2. The van der Waals surface area contributed by atoms with Gasteiger partial charge >= 0.3 is 5.97 Å². The molecule has 6 heteroatoms. The second-order valence-electron chi connectivity index (χ2n) is 17.6. The second-order valence-corrected chi connectivity index (χ2v) is 18.7. The molecule has 5 aliphatic rings. The fourth-order valence-corrected chi connectivity index (χ4v) is 14.0. The maximum absolute atomic E-state index is 14.2. The molecule has 6 rings (SSSR count). The molecule has 4 saturated carbocycles. The van der Waals surface area contributed by atoms with Crippen molar-refractivity contribution < 1.29 is 14.3 Å². The molecule has 1 aromatic rings. The molecular formula is C40H60N2O3S. The number of carbonyl (C=O) groups is 2. The van der Waals surface area contributed by atoms with Gasteiger partial charge in [0.15, 0.2) is 0 Å². The van der Waals surface area contributed by atoms with Crippen LogP contribution in [0.2, 0.25) is 0 Å². The molecule has 1 N–H and O–H groups in total. The number of hydrogen-bond donors (Lipinski definition) is 1. The van der Waals surface area contributed by atoms with Crippen LogP contribution in [-0.4, -0.2) is 51.1 Å². The van der Waals surface area contributed by atoms with Gasteiger partial charge in [0, 0.05) is 18.0 Å². The number of rotatable bonds is 7. The summed E-state index contributed by atoms with van der Waals surface area (Å²) in [4.78, 5) is 30.6. The third-order valence-electron chi connectivity index (χ3n) is 15.2. The van der Waals surface area contributed by atoms with E-state index in [1.54, 1.807) is 11.3 Å². The summed E-state index contributed by atoms with van der Waals surface area (Å²) >= 11 is 1.58. The minimum absolute atomic E-state index is 0.0210. The summed E-state index contributed by atoms with van der Waals surface area (Å²) in [5.41, 5.74) is 3.13. The summed E-state index contributed by atoms with van der Waals surface area (Å²) in [6, 6.07) is 4.07. The first kappa shape index (κ1) is 34.0. The zero-order chi connectivity index (χ0) is 33.4. The van der Waals surface area contributed by atoms with Crippen molar-refractivity contribution in [3.05, 3.63) is 40.1 Å². The number of esters is 1. The third kappa shape index (κ3) is 4.76. The van der Waals surface area contributed by atoms with Gasteiger partial charge in [0.25, 0.3) is 0 Å². The smallest absolute Gasteiger partial charge is 0.348 e. The second kappa shape index (κ2) is 11.6. The van der Waals surface area contributed by atoms with Crippen molar-refractivity contribution in [3.63, 3.8) is 0 Å². The van der Waals surface area contributed by atoms with E-state index < -0.39 is 0 Å². The van der Waals surface area contributed by atoms with Crippen molar-refractivity contribution in [2.75, 3.05) is 34.3 Å². The minimum atomic E-state index is -0.251. The van der Waals surface area contributed by atoms with Crippen LogP contribution >= 0.6 is 11.3 Å². The number of hydrogen-bond acceptors (Lipinski definition) is 5. The molecule has 5 nitrogen and oxygen atoms in total. The Morgan fingerprint density at radius 2 is 1.72 bits per heavy atom. The Bertz CT molecular complexity index is 1420. The molecule has 9 atom stereocenters. The van der Waals surface area contributed by atoms with Gasteiger partial charge in [0.1, 0.15) is 4.88 Å². The summed E-state index contributed by atoms with van der Waals surface area (Å²) in [5, 5.41) is 3.42. The topological polar surface area (TPSA) is 58.6 Å². The Balaban J connectivity index is 1.33. The lowest BCUT2D eigenvalue weighted by molar-refractivity contribution is -0.225. The molecule has 4 fully saturated rings. The van der Waals surface area contributed by atoms with Gasteiger partial charge in [-0.3, -0.25) is 4.79 Å². The van der Waals surface area contributed by atoms with Gasteiger partial charge in [-0.05, 0) is 148 Å². The van der Waals surface area contributed by atoms with E-state index in [0.29, 0.717) is 40.4 Å². The molecule has 0 spiro atoms. The monoisotopic (exact) mass is 648 g/mol. The van der Waals surface area contributed by atoms with Crippen molar-refractivity contribution in [2.45, 2.75) is 99.3 Å². The fraction of sp³-hybridized carbons (Fsp3) is 0.750. The van der Waals surface area contributed by atoms with Gasteiger partial charge < -0.3 is 15.0 Å². The molecule has 254 valence electrons. The van der Waals surface area contributed by atoms with Crippen molar-refractivity contribution >= 4 is 28.8 Å². The quantitative estimate of drug-likeness (QED) is 0.237. The van der Waals surface area contributed by atoms with Crippen LogP contribution in [0.5, 0.6) is 0 Å². The number of nitrogens with one attached hydrogen (secondary N) is 1. The summed E-state index contributed by atoms with van der Waals surface area (Å²) in [5.74, 6) is 2.70. The predicted octanol–water partition coefficient (Wildman–Crippen LogP) is 8.86. The van der Waals surface area contributed by atoms with Crippen molar-refractivity contribution in [1.29, 1.82) is 0 Å². The van der Waals surface area contributed by atoms with Crippen LogP contribution in [0.1, 0.15) is 114 Å². The van der Waals surface area contributed by atoms with Gasteiger partial charge in [-0.1, -0.05) is 52.8 Å². The molecule has 0 saturated heterocycles. The van der Waals surface area contributed by atoms with Crippen LogP contribution in [0.4, 0.5) is 0 Å². The lowest BCUT2D eigenvalue weighted by Gasteiger charge is -2.72. The molecule has 0 bridgehead atoms. The zero-order valence-corrected chi connectivity index (χ0v) is 31.0. The minimum Gasteiger partial charge on any atom is -0.465 e. The number of methoxy groups -OCH3 is 1. The number of allylic oxidation sites excluding steroid dienone is 3. The van der Waals surface area contributed by atoms with E-state index in [0.717, 1.165) is 45.2 Å². The molecule has 5 aliphatic carbocycles. The maximum Gasteiger partial charge on any atom is 0.348 e. The molecule has 9 unspecified atom stereocenters. The summed E-state index contributed by atoms with van der Waals surface area (Å²) in [6.45, 7) is 21.2. The highest BCUT2D eigenvalue weighted by Gasteiger charge is 2.71. The highest BCUT2D eigenvalue weighted by Crippen LogP contribution is 2.77. The van der Waals surface area contributed by atoms with E-state index in [1.165, 1.54) is 48.8 Å². The Hall–Kier alpha value is -1.92. The summed E-state index contributed by atoms with van der Waals surface area (Å²) in [6.07, 6.45) is 12.9. The largest absolute Gasteiger partial charge is 0.465 e. The first-order valence-corrected chi connectivity index (χ1v) is 18.9. The molecule has 0 aromatic carbocycles. The predicted molar refractivity (Wildman–Crippen MR) is 190 cm³/mol. The Morgan fingerprint density at radius 3 is 2.39 bits per heavy atom. The van der Waals surface area contributed by atoms with E-state index in [2.05, 4.69) is 84.6 Å². The number of carbonyl (C=O) groups excluding carboxylic acids is 2. The van der Waals surface area contributed by atoms with Crippen LogP contribution in [-0.2, 0) is 9.53 Å². The number of thiophene rings is 1. The van der Waals surface area contributed by atoms with E-state index in [1.807, 2.05) is 6.07 Å². The molecule has 1 heterocycles. The van der Waals surface area contributed by atoms with E-state index in [4.69, 9.17) is 4.74 Å². The number of fused-ring (bicyclic) bond motifs is 7. The first-order valence-electron chi connectivity index (χ1n) is 18.0. The average molecular weight is 649 g/mol. The average Bonchev–Trinajstić information content (AvgIpc) is 3.63. The Morgan fingerprint density at radius 1 is 0.978 bits per heavy atom. The highest BCUT2D eigenvalue weighted by atomic mass is 32.1. The van der Waals surface area contributed by atoms with Crippen molar-refractivity contribution in [2.24, 2.45) is 56.7 Å². The van der Waals surface area contributed by atoms with Gasteiger partial charge in [-0.15, -0.1) is 11.3 Å². The van der Waals surface area contributed by atoms with Gasteiger partial charge in [0.05, 0.1) is 12.5 Å². The lowest BCUT2D eigenvalue weighted by Crippen LogP contribution is -2.66. The van der Waals surface area contributed by atoms with Crippen LogP contribution in [0.3, 0.4) is 0 Å². The third-order valence-corrected chi connectivity index (χ3v) is 16.3. The van der Waals surface area contributed by atoms with Gasteiger partial charge in [-0.25, -0.2) is 4.79 Å². The van der Waals surface area contributed by atoms with Crippen molar-refractivity contribution in [3.8, 4) is 0 Å². The van der Waals surface area contributed by atoms with Crippen LogP contribution < -0.4 is 5.32 Å². The lowest BCUT2D eigenvalue weighted by atomic mass is 9.32. The number of amides is 1. The van der Waals surface area contributed by atoms with Crippen LogP contribution in [0, 0.1) is 56.7 Å². The molecule has 0 radical (unpaired) electrons. The number of ether oxygens (including phenoxy) is 1. The van der Waals surface area contributed by atoms with E-state index >= 15 is 0 Å². The zero-order valence-electron chi connectivity index (χ0n) is 30.2. The Labute approximate surface area is 283 Å². The molecule has 46 heavy (non-hydrogen) atoms. The Kier molecular flexibility index (Phi) is 8.57. The summed E-state index contributed by atoms with van der Waals surface area (Å²) < 4.78 is 5.03. The molecule has 0 aliphatic heterocycles. The van der Waals surface area contributed by atoms with Gasteiger partial charge in [-0.2, -0.15) is 0 Å². The van der Waals surface area contributed by atoms with E-state index in [9.17, 15) is 9.59 Å². The van der Waals surface area contributed by atoms with Gasteiger partial charge in [0.2, 0.25) is 5.91 Å². The van der Waals surface area contributed by atoms with Crippen LogP contribution in [0.25, 0.3) is 5.57 Å². The van der Waals surface area contributed by atoms with E-state index in [-0.39, 0.29) is 33.0 Å².